The maximum Gasteiger partial charge on any atom is 0.208 e. The number of allylic oxidation sites excluding steroid dienone is 8. The molecule has 4 aliphatic heterocycles. The van der Waals surface area contributed by atoms with Gasteiger partial charge < -0.3 is 9.80 Å². The minimum atomic E-state index is 0.775. The molecule has 4 nitrogen and oxygen atoms in total. The summed E-state index contributed by atoms with van der Waals surface area (Å²) in [6.07, 6.45) is 17.5. The van der Waals surface area contributed by atoms with E-state index in [2.05, 4.69) is 167 Å². The number of hydrogen-bond acceptors (Lipinski definition) is 2. The Kier molecular flexibility index (Phi) is 6.91. The zero-order chi connectivity index (χ0) is 30.3. The molecular formula is C41H38N4+2. The lowest BCUT2D eigenvalue weighted by atomic mass is 10.1. The van der Waals surface area contributed by atoms with Crippen LogP contribution in [-0.2, 0) is 25.7 Å². The van der Waals surface area contributed by atoms with Crippen LogP contribution in [0.25, 0.3) is 0 Å². The van der Waals surface area contributed by atoms with Crippen LogP contribution in [-0.4, -0.2) is 41.3 Å². The second-order valence-electron chi connectivity index (χ2n) is 12.4. The summed E-state index contributed by atoms with van der Waals surface area (Å²) in [4.78, 5) is 5.01. The lowest BCUT2D eigenvalue weighted by Gasteiger charge is -2.30. The fraction of sp³-hybridized carbons (Fsp3) is 0.171. The lowest BCUT2D eigenvalue weighted by Crippen LogP contribution is -2.34. The zero-order valence-electron chi connectivity index (χ0n) is 26.0. The van der Waals surface area contributed by atoms with E-state index in [1.54, 1.807) is 0 Å². The Bertz CT molecular complexity index is 1870. The monoisotopic (exact) mass is 586 g/mol. The molecule has 4 heterocycles. The maximum atomic E-state index is 2.51. The molecule has 0 aliphatic carbocycles. The highest BCUT2D eigenvalue weighted by atomic mass is 15.3. The van der Waals surface area contributed by atoms with E-state index in [1.165, 1.54) is 67.8 Å². The summed E-state index contributed by atoms with van der Waals surface area (Å²) >= 11 is 0. The molecule has 0 saturated carbocycles. The van der Waals surface area contributed by atoms with Crippen LogP contribution >= 0.6 is 0 Å². The number of hydrogen-bond donors (Lipinski definition) is 0. The summed E-state index contributed by atoms with van der Waals surface area (Å²) in [6, 6.07) is 35.1. The first-order chi connectivity index (χ1) is 22.1. The van der Waals surface area contributed by atoms with Gasteiger partial charge in [-0.1, -0.05) is 84.9 Å². The number of fused-ring (bicyclic) bond motifs is 4. The largest absolute Gasteiger partial charge is 0.326 e. The molecule has 4 heteroatoms. The van der Waals surface area contributed by atoms with Crippen LogP contribution < -0.4 is 9.80 Å². The Morgan fingerprint density at radius 1 is 0.511 bits per heavy atom. The predicted molar refractivity (Wildman–Crippen MR) is 187 cm³/mol. The molecule has 220 valence electrons. The quantitative estimate of drug-likeness (QED) is 0.213. The van der Waals surface area contributed by atoms with Crippen LogP contribution in [0.1, 0.15) is 22.3 Å². The normalized spacial score (nSPS) is 18.7. The predicted octanol–water partition coefficient (Wildman–Crippen LogP) is 7.89. The van der Waals surface area contributed by atoms with Gasteiger partial charge in [-0.15, -0.1) is 0 Å². The van der Waals surface area contributed by atoms with E-state index >= 15 is 0 Å². The first-order valence-corrected chi connectivity index (χ1v) is 15.9. The van der Waals surface area contributed by atoms with Gasteiger partial charge in [-0.05, 0) is 35.4 Å². The molecular weight excluding hydrogens is 548 g/mol. The number of anilines is 2. The van der Waals surface area contributed by atoms with Crippen molar-refractivity contribution in [1.29, 1.82) is 0 Å². The van der Waals surface area contributed by atoms with E-state index in [1.807, 2.05) is 0 Å². The van der Waals surface area contributed by atoms with E-state index in [-0.39, 0.29) is 0 Å². The molecule has 0 bridgehead atoms. The first-order valence-electron chi connectivity index (χ1n) is 15.9. The highest BCUT2D eigenvalue weighted by molar-refractivity contribution is 5.97. The van der Waals surface area contributed by atoms with E-state index < -0.39 is 0 Å². The van der Waals surface area contributed by atoms with Gasteiger partial charge in [0.2, 0.25) is 11.4 Å². The van der Waals surface area contributed by atoms with Crippen molar-refractivity contribution < 1.29 is 9.15 Å². The summed E-state index contributed by atoms with van der Waals surface area (Å²) in [5.74, 6) is 0. The Labute approximate surface area is 266 Å². The molecule has 8 rings (SSSR count). The van der Waals surface area contributed by atoms with Crippen LogP contribution in [0.3, 0.4) is 0 Å². The van der Waals surface area contributed by atoms with E-state index in [4.69, 9.17) is 0 Å². The second-order valence-corrected chi connectivity index (χ2v) is 12.4. The number of para-hydroxylation sites is 4. The highest BCUT2D eigenvalue weighted by Gasteiger charge is 2.31. The third-order valence-corrected chi connectivity index (χ3v) is 9.75. The maximum absolute atomic E-state index is 2.51. The standard InChI is InChI=1S/C41H38N4/c1-42-34(25-30-13-3-7-21-38(30)42)17-11-19-36-27-32-15-5-9-23-40(32)44(36)29-45-37(28-33-16-6-10-24-41(33)45)20-12-18-35-26-31-14-4-8-22-39(31)43(35)2/h3-24H,25-29H2,1-2H3/q+2. The summed E-state index contributed by atoms with van der Waals surface area (Å²) in [6.45, 7) is 0.775. The fourth-order valence-electron chi connectivity index (χ4n) is 7.30. The third kappa shape index (κ3) is 4.97. The van der Waals surface area contributed by atoms with Gasteiger partial charge in [0, 0.05) is 71.0 Å². The van der Waals surface area contributed by atoms with Crippen molar-refractivity contribution in [2.75, 3.05) is 30.6 Å². The van der Waals surface area contributed by atoms with Crippen molar-refractivity contribution in [3.63, 3.8) is 0 Å². The van der Waals surface area contributed by atoms with Gasteiger partial charge in [-0.3, -0.25) is 0 Å². The molecule has 0 atom stereocenters. The summed E-state index contributed by atoms with van der Waals surface area (Å²) < 4.78 is 4.63. The Morgan fingerprint density at radius 3 is 1.36 bits per heavy atom. The van der Waals surface area contributed by atoms with Gasteiger partial charge in [0.25, 0.3) is 0 Å². The van der Waals surface area contributed by atoms with Gasteiger partial charge in [0.05, 0.1) is 19.5 Å². The average Bonchev–Trinajstić information content (AvgIpc) is 3.79. The van der Waals surface area contributed by atoms with Crippen molar-refractivity contribution in [2.24, 2.45) is 0 Å². The smallest absolute Gasteiger partial charge is 0.208 e. The molecule has 0 N–H and O–H groups in total. The van der Waals surface area contributed by atoms with Crippen molar-refractivity contribution in [3.05, 3.63) is 167 Å². The number of nitrogens with zero attached hydrogens (tertiary/aromatic N) is 4. The third-order valence-electron chi connectivity index (χ3n) is 9.75. The van der Waals surface area contributed by atoms with Gasteiger partial charge in [-0.25, -0.2) is 0 Å². The average molecular weight is 587 g/mol. The van der Waals surface area contributed by atoms with Gasteiger partial charge in [0.15, 0.2) is 11.4 Å². The highest BCUT2D eigenvalue weighted by Crippen LogP contribution is 2.39. The first kappa shape index (κ1) is 27.3. The minimum absolute atomic E-state index is 0.775. The van der Waals surface area contributed by atoms with E-state index in [9.17, 15) is 0 Å². The Morgan fingerprint density at radius 2 is 0.911 bits per heavy atom. The molecule has 0 radical (unpaired) electrons. The lowest BCUT2D eigenvalue weighted by molar-refractivity contribution is -0.400. The van der Waals surface area contributed by atoms with E-state index in [0.29, 0.717) is 0 Å². The molecule has 45 heavy (non-hydrogen) atoms. The van der Waals surface area contributed by atoms with Crippen LogP contribution in [0, 0.1) is 0 Å². The van der Waals surface area contributed by atoms with Crippen LogP contribution in [0.2, 0.25) is 0 Å². The molecule has 0 aromatic heterocycles. The van der Waals surface area contributed by atoms with Crippen LogP contribution in [0.5, 0.6) is 0 Å². The topological polar surface area (TPSA) is 12.5 Å². The van der Waals surface area contributed by atoms with Crippen molar-refractivity contribution in [1.82, 2.24) is 0 Å². The molecule has 4 aromatic rings. The fourth-order valence-corrected chi connectivity index (χ4v) is 7.30. The number of benzene rings is 4. The molecule has 0 unspecified atom stereocenters. The number of rotatable bonds is 6. The molecule has 4 aromatic carbocycles. The SMILES string of the molecule is C[N+]1=C(C=CC=C2Cc3ccccc3N2CN2C(=CC=CC3=[N+](C)c4ccccc4C3)Cc3ccccc32)Cc2ccccc21. The second kappa shape index (κ2) is 11.4. The summed E-state index contributed by atoms with van der Waals surface area (Å²) in [5.41, 5.74) is 16.1. The van der Waals surface area contributed by atoms with Crippen molar-refractivity contribution >= 4 is 34.2 Å². The van der Waals surface area contributed by atoms with Crippen molar-refractivity contribution in [3.8, 4) is 0 Å². The summed E-state index contributed by atoms with van der Waals surface area (Å²) in [5, 5.41) is 0. The van der Waals surface area contributed by atoms with Crippen molar-refractivity contribution in [2.45, 2.75) is 25.7 Å². The molecule has 0 amide bonds. The van der Waals surface area contributed by atoms with Gasteiger partial charge in [0.1, 0.15) is 14.1 Å². The minimum Gasteiger partial charge on any atom is -0.326 e. The molecule has 0 fully saturated rings. The molecule has 4 aliphatic rings. The van der Waals surface area contributed by atoms with Gasteiger partial charge in [-0.2, -0.15) is 9.15 Å². The Balaban J connectivity index is 1.08. The van der Waals surface area contributed by atoms with E-state index in [0.717, 1.165) is 32.4 Å². The van der Waals surface area contributed by atoms with Crippen LogP contribution in [0.4, 0.5) is 22.7 Å². The zero-order valence-corrected chi connectivity index (χ0v) is 26.0. The Hall–Kier alpha value is -5.22. The van der Waals surface area contributed by atoms with Crippen LogP contribution in [0.15, 0.2) is 145 Å². The molecule has 0 spiro atoms. The summed E-state index contributed by atoms with van der Waals surface area (Å²) in [7, 11) is 4.34. The molecule has 0 saturated heterocycles. The van der Waals surface area contributed by atoms with Gasteiger partial charge >= 0.3 is 0 Å².